The van der Waals surface area contributed by atoms with Crippen molar-refractivity contribution in [2.24, 2.45) is 0 Å². The number of thioether (sulfide) groups is 1. The molecule has 3 nitrogen and oxygen atoms in total. The summed E-state index contributed by atoms with van der Waals surface area (Å²) in [5, 5.41) is 2.65. The summed E-state index contributed by atoms with van der Waals surface area (Å²) in [7, 11) is 0. The number of imidazole rings is 1. The van der Waals surface area contributed by atoms with Gasteiger partial charge >= 0.3 is 0 Å². The fourth-order valence-electron chi connectivity index (χ4n) is 2.72. The molecule has 0 bridgehead atoms. The summed E-state index contributed by atoms with van der Waals surface area (Å²) in [5.74, 6) is 0.739. The normalized spacial score (nSPS) is 11.1. The smallest absolute Gasteiger partial charge is 0.168 e. The highest BCUT2D eigenvalue weighted by Gasteiger charge is 2.09. The SMILES string of the molecule is Clc1nc2ccccc2cc1CSc1nccn1Cc1ccccc1. The molecule has 0 N–H and O–H groups in total. The summed E-state index contributed by atoms with van der Waals surface area (Å²) in [6.45, 7) is 0.812. The molecule has 2 aromatic carbocycles. The van der Waals surface area contributed by atoms with E-state index in [-0.39, 0.29) is 0 Å². The molecule has 0 unspecified atom stereocenters. The Morgan fingerprint density at radius 1 is 1.00 bits per heavy atom. The second-order valence-corrected chi connectivity index (χ2v) is 7.04. The van der Waals surface area contributed by atoms with Crippen LogP contribution in [0.1, 0.15) is 11.1 Å². The summed E-state index contributed by atoms with van der Waals surface area (Å²) in [5.41, 5.74) is 3.21. The van der Waals surface area contributed by atoms with Gasteiger partial charge in [0.25, 0.3) is 0 Å². The molecule has 0 aliphatic heterocycles. The first kappa shape index (κ1) is 16.2. The first-order valence-corrected chi connectivity index (χ1v) is 9.38. The van der Waals surface area contributed by atoms with Crippen molar-refractivity contribution in [3.05, 3.63) is 89.3 Å². The summed E-state index contributed by atoms with van der Waals surface area (Å²) in [6.07, 6.45) is 3.85. The van der Waals surface area contributed by atoms with Gasteiger partial charge in [-0.1, -0.05) is 71.9 Å². The minimum atomic E-state index is 0.562. The maximum atomic E-state index is 6.36. The molecule has 5 heteroatoms. The molecule has 0 spiro atoms. The second-order valence-electron chi connectivity index (χ2n) is 5.74. The number of para-hydroxylation sites is 1. The van der Waals surface area contributed by atoms with Crippen LogP contribution < -0.4 is 0 Å². The highest BCUT2D eigenvalue weighted by Crippen LogP contribution is 2.27. The van der Waals surface area contributed by atoms with Crippen molar-refractivity contribution in [2.75, 3.05) is 0 Å². The van der Waals surface area contributed by atoms with E-state index >= 15 is 0 Å². The van der Waals surface area contributed by atoms with Crippen LogP contribution in [-0.4, -0.2) is 14.5 Å². The standard InChI is InChI=1S/C20H16ClN3S/c21-19-17(12-16-8-4-5-9-18(16)23-19)14-25-20-22-10-11-24(20)13-15-6-2-1-3-7-15/h1-12H,13-14H2. The average molecular weight is 366 g/mol. The third-order valence-electron chi connectivity index (χ3n) is 3.98. The molecule has 0 saturated heterocycles. The molecule has 0 aliphatic rings. The zero-order valence-electron chi connectivity index (χ0n) is 13.5. The minimum Gasteiger partial charge on any atom is -0.322 e. The van der Waals surface area contributed by atoms with E-state index in [9.17, 15) is 0 Å². The lowest BCUT2D eigenvalue weighted by Crippen LogP contribution is -2.00. The number of rotatable bonds is 5. The lowest BCUT2D eigenvalue weighted by atomic mass is 10.2. The molecule has 0 saturated carbocycles. The highest BCUT2D eigenvalue weighted by molar-refractivity contribution is 7.98. The van der Waals surface area contributed by atoms with E-state index in [1.807, 2.05) is 36.7 Å². The Labute approximate surface area is 155 Å². The van der Waals surface area contributed by atoms with Crippen LogP contribution in [0.4, 0.5) is 0 Å². The third kappa shape index (κ3) is 3.70. The minimum absolute atomic E-state index is 0.562. The number of benzene rings is 2. The molecule has 0 aliphatic carbocycles. The molecule has 0 fully saturated rings. The number of fused-ring (bicyclic) bond motifs is 1. The van der Waals surface area contributed by atoms with Crippen LogP contribution >= 0.6 is 23.4 Å². The zero-order valence-corrected chi connectivity index (χ0v) is 15.0. The van der Waals surface area contributed by atoms with Gasteiger partial charge in [0.15, 0.2) is 5.16 Å². The molecule has 124 valence electrons. The van der Waals surface area contributed by atoms with Crippen molar-refractivity contribution in [1.82, 2.24) is 14.5 Å². The summed E-state index contributed by atoms with van der Waals surface area (Å²) >= 11 is 8.04. The maximum Gasteiger partial charge on any atom is 0.168 e. The van der Waals surface area contributed by atoms with Crippen molar-refractivity contribution in [2.45, 2.75) is 17.5 Å². The van der Waals surface area contributed by atoms with Crippen LogP contribution in [-0.2, 0) is 12.3 Å². The summed E-state index contributed by atoms with van der Waals surface area (Å²) < 4.78 is 2.16. The number of hydrogen-bond acceptors (Lipinski definition) is 3. The number of nitrogens with zero attached hydrogens (tertiary/aromatic N) is 3. The maximum absolute atomic E-state index is 6.36. The Balaban J connectivity index is 1.52. The first-order valence-electron chi connectivity index (χ1n) is 8.01. The van der Waals surface area contributed by atoms with E-state index < -0.39 is 0 Å². The number of pyridine rings is 1. The molecule has 2 heterocycles. The molecular weight excluding hydrogens is 350 g/mol. The molecule has 4 rings (SSSR count). The number of halogens is 1. The first-order chi connectivity index (χ1) is 12.3. The Kier molecular flexibility index (Phi) is 4.72. The molecule has 0 radical (unpaired) electrons. The van der Waals surface area contributed by atoms with Gasteiger partial charge < -0.3 is 4.57 Å². The molecule has 2 aromatic heterocycles. The predicted molar refractivity (Wildman–Crippen MR) is 104 cm³/mol. The Morgan fingerprint density at radius 2 is 1.80 bits per heavy atom. The van der Waals surface area contributed by atoms with E-state index in [1.54, 1.807) is 11.8 Å². The van der Waals surface area contributed by atoms with Crippen molar-refractivity contribution in [3.63, 3.8) is 0 Å². The van der Waals surface area contributed by atoms with Crippen LogP contribution in [0.3, 0.4) is 0 Å². The zero-order chi connectivity index (χ0) is 17.1. The number of aromatic nitrogens is 3. The third-order valence-corrected chi connectivity index (χ3v) is 5.36. The van der Waals surface area contributed by atoms with Crippen molar-refractivity contribution in [3.8, 4) is 0 Å². The number of hydrogen-bond donors (Lipinski definition) is 0. The fourth-order valence-corrected chi connectivity index (χ4v) is 3.94. The lowest BCUT2D eigenvalue weighted by Gasteiger charge is -2.09. The van der Waals surface area contributed by atoms with Crippen LogP contribution in [0.25, 0.3) is 10.9 Å². The lowest BCUT2D eigenvalue weighted by molar-refractivity contribution is 0.708. The quantitative estimate of drug-likeness (QED) is 0.349. The van der Waals surface area contributed by atoms with E-state index in [0.717, 1.165) is 33.9 Å². The van der Waals surface area contributed by atoms with Gasteiger partial charge in [-0.3, -0.25) is 0 Å². The average Bonchev–Trinajstić information content (AvgIpc) is 3.08. The molecule has 0 atom stereocenters. The van der Waals surface area contributed by atoms with Gasteiger partial charge in [0.1, 0.15) is 5.15 Å². The van der Waals surface area contributed by atoms with Gasteiger partial charge in [-0.15, -0.1) is 0 Å². The highest BCUT2D eigenvalue weighted by atomic mass is 35.5. The topological polar surface area (TPSA) is 30.7 Å². The van der Waals surface area contributed by atoms with Crippen LogP contribution in [0.2, 0.25) is 5.15 Å². The van der Waals surface area contributed by atoms with Crippen LogP contribution in [0.5, 0.6) is 0 Å². The van der Waals surface area contributed by atoms with E-state index in [0.29, 0.717) is 5.15 Å². The van der Waals surface area contributed by atoms with Gasteiger partial charge in [-0.05, 0) is 17.7 Å². The Bertz CT molecular complexity index is 998. The van der Waals surface area contributed by atoms with Crippen LogP contribution in [0.15, 0.2) is 78.2 Å². The fraction of sp³-hybridized carbons (Fsp3) is 0.100. The molecule has 4 aromatic rings. The predicted octanol–water partition coefficient (Wildman–Crippen LogP) is 5.43. The largest absolute Gasteiger partial charge is 0.322 e. The van der Waals surface area contributed by atoms with Crippen molar-refractivity contribution >= 4 is 34.3 Å². The van der Waals surface area contributed by atoms with Gasteiger partial charge in [0.05, 0.1) is 5.52 Å². The van der Waals surface area contributed by atoms with Gasteiger partial charge in [0, 0.05) is 35.6 Å². The Morgan fingerprint density at radius 3 is 2.68 bits per heavy atom. The van der Waals surface area contributed by atoms with E-state index in [1.165, 1.54) is 5.56 Å². The van der Waals surface area contributed by atoms with Gasteiger partial charge in [-0.2, -0.15) is 0 Å². The van der Waals surface area contributed by atoms with Crippen molar-refractivity contribution in [1.29, 1.82) is 0 Å². The molecule has 0 amide bonds. The molecular formula is C20H16ClN3S. The second kappa shape index (κ2) is 7.30. The van der Waals surface area contributed by atoms with Gasteiger partial charge in [0.2, 0.25) is 0 Å². The van der Waals surface area contributed by atoms with Gasteiger partial charge in [-0.25, -0.2) is 9.97 Å². The summed E-state index contributed by atoms with van der Waals surface area (Å²) in [6, 6.07) is 20.5. The Hall–Kier alpha value is -2.30. The summed E-state index contributed by atoms with van der Waals surface area (Å²) in [4.78, 5) is 8.97. The molecule has 25 heavy (non-hydrogen) atoms. The van der Waals surface area contributed by atoms with Crippen molar-refractivity contribution < 1.29 is 0 Å². The van der Waals surface area contributed by atoms with Crippen LogP contribution in [0, 0.1) is 0 Å². The van der Waals surface area contributed by atoms with E-state index in [2.05, 4.69) is 50.9 Å². The monoisotopic (exact) mass is 365 g/mol. The van der Waals surface area contributed by atoms with E-state index in [4.69, 9.17) is 11.6 Å².